The third-order valence-corrected chi connectivity index (χ3v) is 4.82. The van der Waals surface area contributed by atoms with Crippen molar-refractivity contribution in [2.45, 2.75) is 6.54 Å². The van der Waals surface area contributed by atoms with Gasteiger partial charge in [0.25, 0.3) is 11.6 Å². The first-order valence-corrected chi connectivity index (χ1v) is 8.95. The van der Waals surface area contributed by atoms with Crippen LogP contribution in [0.5, 0.6) is 0 Å². The monoisotopic (exact) mass is 377 g/mol. The SMILES string of the molecule is O=c1ccc(-c2cccnc2)nn1CC1CN(c2nc3ccc(F)cc3o2)C1. The maximum atomic E-state index is 13.3. The van der Waals surface area contributed by atoms with Crippen LogP contribution in [0.15, 0.2) is 64.1 Å². The third kappa shape index (κ3) is 3.02. The highest BCUT2D eigenvalue weighted by Crippen LogP contribution is 2.28. The van der Waals surface area contributed by atoms with Crippen LogP contribution in [0.25, 0.3) is 22.4 Å². The van der Waals surface area contributed by atoms with Crippen LogP contribution < -0.4 is 10.5 Å². The van der Waals surface area contributed by atoms with E-state index in [0.29, 0.717) is 42.4 Å². The van der Waals surface area contributed by atoms with Crippen LogP contribution in [0.1, 0.15) is 0 Å². The number of halogens is 1. The molecule has 0 atom stereocenters. The molecule has 1 aromatic carbocycles. The average Bonchev–Trinajstić information content (AvgIpc) is 3.08. The van der Waals surface area contributed by atoms with E-state index in [1.165, 1.54) is 22.9 Å². The molecule has 140 valence electrons. The van der Waals surface area contributed by atoms with Gasteiger partial charge in [-0.15, -0.1) is 0 Å². The molecule has 7 nitrogen and oxygen atoms in total. The van der Waals surface area contributed by atoms with Crippen molar-refractivity contribution in [3.63, 3.8) is 0 Å². The summed E-state index contributed by atoms with van der Waals surface area (Å²) in [6.07, 6.45) is 3.42. The number of rotatable bonds is 4. The number of nitrogens with zero attached hydrogens (tertiary/aromatic N) is 5. The Kier molecular flexibility index (Phi) is 3.89. The van der Waals surface area contributed by atoms with E-state index in [9.17, 15) is 9.18 Å². The topological polar surface area (TPSA) is 77.1 Å². The fourth-order valence-electron chi connectivity index (χ4n) is 3.36. The van der Waals surface area contributed by atoms with E-state index in [0.717, 1.165) is 5.56 Å². The Labute approximate surface area is 159 Å². The van der Waals surface area contributed by atoms with E-state index in [1.807, 2.05) is 17.0 Å². The number of anilines is 1. The highest BCUT2D eigenvalue weighted by Gasteiger charge is 2.31. The van der Waals surface area contributed by atoms with Crippen molar-refractivity contribution >= 4 is 17.1 Å². The molecule has 8 heteroatoms. The van der Waals surface area contributed by atoms with Gasteiger partial charge in [0, 0.05) is 49.1 Å². The second kappa shape index (κ2) is 6.56. The van der Waals surface area contributed by atoms with Crippen molar-refractivity contribution in [1.82, 2.24) is 19.7 Å². The molecule has 0 saturated carbocycles. The van der Waals surface area contributed by atoms with Crippen LogP contribution in [-0.4, -0.2) is 32.8 Å². The van der Waals surface area contributed by atoms with Crippen molar-refractivity contribution in [3.05, 3.63) is 71.0 Å². The lowest BCUT2D eigenvalue weighted by molar-refractivity contribution is 0.319. The molecule has 1 fully saturated rings. The molecular formula is C20H16FN5O2. The lowest BCUT2D eigenvalue weighted by Crippen LogP contribution is -2.49. The van der Waals surface area contributed by atoms with E-state index >= 15 is 0 Å². The molecule has 0 radical (unpaired) electrons. The number of oxazole rings is 1. The summed E-state index contributed by atoms with van der Waals surface area (Å²) >= 11 is 0. The third-order valence-electron chi connectivity index (χ3n) is 4.82. The van der Waals surface area contributed by atoms with Gasteiger partial charge < -0.3 is 9.32 Å². The molecule has 4 heterocycles. The zero-order chi connectivity index (χ0) is 19.1. The summed E-state index contributed by atoms with van der Waals surface area (Å²) in [7, 11) is 0. The fourth-order valence-corrected chi connectivity index (χ4v) is 3.36. The summed E-state index contributed by atoms with van der Waals surface area (Å²) in [6.45, 7) is 1.90. The Hall–Kier alpha value is -3.55. The highest BCUT2D eigenvalue weighted by molar-refractivity contribution is 5.74. The predicted molar refractivity (Wildman–Crippen MR) is 101 cm³/mol. The summed E-state index contributed by atoms with van der Waals surface area (Å²) in [6, 6.07) is 11.7. The first kappa shape index (κ1) is 16.6. The van der Waals surface area contributed by atoms with Gasteiger partial charge in [0.2, 0.25) is 0 Å². The predicted octanol–water partition coefficient (Wildman–Crippen LogP) is 2.72. The standard InChI is InChI=1S/C20H16FN5O2/c21-15-3-4-17-18(8-15)28-20(23-17)25-10-13(11-25)12-26-19(27)6-5-16(24-26)14-2-1-7-22-9-14/h1-9,13H,10-12H2. The molecule has 0 aliphatic carbocycles. The van der Waals surface area contributed by atoms with Gasteiger partial charge in [-0.2, -0.15) is 10.1 Å². The molecule has 28 heavy (non-hydrogen) atoms. The number of hydrogen-bond acceptors (Lipinski definition) is 6. The molecule has 5 rings (SSSR count). The molecule has 0 N–H and O–H groups in total. The largest absolute Gasteiger partial charge is 0.423 e. The summed E-state index contributed by atoms with van der Waals surface area (Å²) in [4.78, 5) is 22.6. The van der Waals surface area contributed by atoms with E-state index in [1.54, 1.807) is 24.5 Å². The molecule has 0 amide bonds. The van der Waals surface area contributed by atoms with Gasteiger partial charge in [-0.05, 0) is 30.3 Å². The molecule has 1 saturated heterocycles. The minimum atomic E-state index is -0.351. The Morgan fingerprint density at radius 1 is 1.18 bits per heavy atom. The molecule has 0 bridgehead atoms. The molecule has 4 aromatic rings. The van der Waals surface area contributed by atoms with Crippen LogP contribution in [0.4, 0.5) is 10.4 Å². The van der Waals surface area contributed by atoms with Crippen LogP contribution >= 0.6 is 0 Å². The number of fused-ring (bicyclic) bond motifs is 1. The molecule has 3 aromatic heterocycles. The van der Waals surface area contributed by atoms with Crippen molar-refractivity contribution in [3.8, 4) is 11.3 Å². The van der Waals surface area contributed by atoms with E-state index in [-0.39, 0.29) is 17.3 Å². The number of aromatic nitrogens is 4. The van der Waals surface area contributed by atoms with Crippen molar-refractivity contribution in [1.29, 1.82) is 0 Å². The van der Waals surface area contributed by atoms with Crippen LogP contribution in [0.2, 0.25) is 0 Å². The zero-order valence-electron chi connectivity index (χ0n) is 14.8. The van der Waals surface area contributed by atoms with Gasteiger partial charge in [-0.3, -0.25) is 9.78 Å². The maximum Gasteiger partial charge on any atom is 0.298 e. The van der Waals surface area contributed by atoms with Crippen molar-refractivity contribution in [2.24, 2.45) is 5.92 Å². The van der Waals surface area contributed by atoms with Crippen molar-refractivity contribution in [2.75, 3.05) is 18.0 Å². The minimum Gasteiger partial charge on any atom is -0.423 e. The van der Waals surface area contributed by atoms with E-state index in [2.05, 4.69) is 15.1 Å². The second-order valence-corrected chi connectivity index (χ2v) is 6.86. The average molecular weight is 377 g/mol. The summed E-state index contributed by atoms with van der Waals surface area (Å²) < 4.78 is 20.4. The van der Waals surface area contributed by atoms with Gasteiger partial charge in [0.15, 0.2) is 5.58 Å². The fraction of sp³-hybridized carbons (Fsp3) is 0.200. The van der Waals surface area contributed by atoms with Crippen LogP contribution in [0, 0.1) is 11.7 Å². The smallest absolute Gasteiger partial charge is 0.298 e. The van der Waals surface area contributed by atoms with E-state index < -0.39 is 0 Å². The van der Waals surface area contributed by atoms with E-state index in [4.69, 9.17) is 4.42 Å². The van der Waals surface area contributed by atoms with Gasteiger partial charge in [-0.1, -0.05) is 0 Å². The Morgan fingerprint density at radius 2 is 2.07 bits per heavy atom. The van der Waals surface area contributed by atoms with Crippen LogP contribution in [-0.2, 0) is 6.54 Å². The van der Waals surface area contributed by atoms with Gasteiger partial charge in [0.05, 0.1) is 12.2 Å². The first-order chi connectivity index (χ1) is 13.7. The lowest BCUT2D eigenvalue weighted by Gasteiger charge is -2.37. The molecule has 0 unspecified atom stereocenters. The Morgan fingerprint density at radius 3 is 2.89 bits per heavy atom. The second-order valence-electron chi connectivity index (χ2n) is 6.86. The molecular weight excluding hydrogens is 361 g/mol. The number of pyridine rings is 1. The highest BCUT2D eigenvalue weighted by atomic mass is 19.1. The number of hydrogen-bond donors (Lipinski definition) is 0. The summed E-state index contributed by atoms with van der Waals surface area (Å²) in [5.41, 5.74) is 2.50. The summed E-state index contributed by atoms with van der Waals surface area (Å²) in [5.74, 6) is -0.100. The Balaban J connectivity index is 1.30. The zero-order valence-corrected chi connectivity index (χ0v) is 14.8. The van der Waals surface area contributed by atoms with Gasteiger partial charge in [-0.25, -0.2) is 9.07 Å². The van der Waals surface area contributed by atoms with Gasteiger partial charge in [0.1, 0.15) is 11.3 Å². The first-order valence-electron chi connectivity index (χ1n) is 8.95. The maximum absolute atomic E-state index is 13.3. The molecule has 1 aliphatic rings. The summed E-state index contributed by atoms with van der Waals surface area (Å²) in [5, 5.41) is 4.47. The molecule has 1 aliphatic heterocycles. The molecule has 0 spiro atoms. The quantitative estimate of drug-likeness (QED) is 0.544. The van der Waals surface area contributed by atoms with Gasteiger partial charge >= 0.3 is 0 Å². The normalized spacial score (nSPS) is 14.4. The number of benzene rings is 1. The van der Waals surface area contributed by atoms with Crippen LogP contribution in [0.3, 0.4) is 0 Å². The lowest BCUT2D eigenvalue weighted by atomic mass is 10.0. The Bertz CT molecular complexity index is 1200. The van der Waals surface area contributed by atoms with Crippen molar-refractivity contribution < 1.29 is 8.81 Å². The minimum absolute atomic E-state index is 0.136.